The van der Waals surface area contributed by atoms with Gasteiger partial charge in [0.15, 0.2) is 0 Å². The number of hydrogen-bond donors (Lipinski definition) is 1. The maximum atomic E-state index is 4.83. The molecule has 3 nitrogen and oxygen atoms in total. The minimum absolute atomic E-state index is 0.467. The molecule has 0 bridgehead atoms. The second kappa shape index (κ2) is 4.72. The average molecular weight is 228 g/mol. The Bertz CT molecular complexity index is 479. The molecule has 1 N–H and O–H groups in total. The van der Waals surface area contributed by atoms with Gasteiger partial charge in [0.05, 0.1) is 6.20 Å². The van der Waals surface area contributed by atoms with Crippen LogP contribution >= 0.6 is 0 Å². The molecule has 3 heteroatoms. The Labute approximate surface area is 101 Å². The highest BCUT2D eigenvalue weighted by Gasteiger charge is 2.18. The van der Waals surface area contributed by atoms with Crippen molar-refractivity contribution < 1.29 is 4.52 Å². The lowest BCUT2D eigenvalue weighted by Crippen LogP contribution is -2.24. The van der Waals surface area contributed by atoms with Gasteiger partial charge in [-0.3, -0.25) is 0 Å². The van der Waals surface area contributed by atoms with Gasteiger partial charge >= 0.3 is 0 Å². The minimum Gasteiger partial charge on any atom is -0.364 e. The molecule has 17 heavy (non-hydrogen) atoms. The molecule has 1 aliphatic carbocycles. The van der Waals surface area contributed by atoms with Gasteiger partial charge in [-0.05, 0) is 30.4 Å². The van der Waals surface area contributed by atoms with Crippen molar-refractivity contribution in [1.29, 1.82) is 0 Å². The van der Waals surface area contributed by atoms with E-state index in [1.165, 1.54) is 30.4 Å². The van der Waals surface area contributed by atoms with Crippen LogP contribution in [-0.2, 0) is 13.0 Å². The standard InChI is InChI=1S/C14H16N2O/c1-2-6-13-12(4-1)5-3-7-14(13)15-8-11-9-16-17-10-11/h1-2,4,6,9-10,14-15H,3,5,7-8H2. The topological polar surface area (TPSA) is 38.1 Å². The lowest BCUT2D eigenvalue weighted by atomic mass is 9.88. The summed E-state index contributed by atoms with van der Waals surface area (Å²) in [5, 5.41) is 7.30. The van der Waals surface area contributed by atoms with Gasteiger partial charge in [-0.15, -0.1) is 0 Å². The van der Waals surface area contributed by atoms with Gasteiger partial charge in [0, 0.05) is 18.2 Å². The molecule has 0 fully saturated rings. The molecule has 1 aliphatic rings. The highest BCUT2D eigenvalue weighted by molar-refractivity contribution is 5.32. The molecule has 1 atom stereocenters. The van der Waals surface area contributed by atoms with E-state index in [2.05, 4.69) is 34.7 Å². The number of hydrogen-bond acceptors (Lipinski definition) is 3. The minimum atomic E-state index is 0.467. The van der Waals surface area contributed by atoms with Crippen LogP contribution in [-0.4, -0.2) is 5.16 Å². The van der Waals surface area contributed by atoms with Crippen molar-refractivity contribution >= 4 is 0 Å². The number of aromatic nitrogens is 1. The third-order valence-corrected chi connectivity index (χ3v) is 3.41. The number of fused-ring (bicyclic) bond motifs is 1. The van der Waals surface area contributed by atoms with Crippen molar-refractivity contribution in [1.82, 2.24) is 10.5 Å². The molecule has 3 rings (SSSR count). The van der Waals surface area contributed by atoms with Crippen molar-refractivity contribution in [3.63, 3.8) is 0 Å². The van der Waals surface area contributed by atoms with E-state index in [9.17, 15) is 0 Å². The van der Waals surface area contributed by atoms with E-state index >= 15 is 0 Å². The van der Waals surface area contributed by atoms with Gasteiger partial charge < -0.3 is 9.84 Å². The van der Waals surface area contributed by atoms with Crippen LogP contribution in [0.2, 0.25) is 0 Å². The molecule has 2 aromatic rings. The quantitative estimate of drug-likeness (QED) is 0.877. The van der Waals surface area contributed by atoms with Crippen LogP contribution in [0.1, 0.15) is 35.6 Å². The molecule has 0 spiro atoms. The first kappa shape index (κ1) is 10.5. The highest BCUT2D eigenvalue weighted by Crippen LogP contribution is 2.29. The lowest BCUT2D eigenvalue weighted by Gasteiger charge is -2.26. The van der Waals surface area contributed by atoms with Gasteiger partial charge in [0.25, 0.3) is 0 Å². The van der Waals surface area contributed by atoms with Gasteiger partial charge in [0.1, 0.15) is 6.26 Å². The first-order chi connectivity index (χ1) is 8.43. The zero-order valence-electron chi connectivity index (χ0n) is 9.73. The number of nitrogens with one attached hydrogen (secondary N) is 1. The summed E-state index contributed by atoms with van der Waals surface area (Å²) < 4.78 is 4.83. The Morgan fingerprint density at radius 3 is 3.18 bits per heavy atom. The third-order valence-electron chi connectivity index (χ3n) is 3.41. The first-order valence-corrected chi connectivity index (χ1v) is 6.13. The molecular formula is C14H16N2O. The van der Waals surface area contributed by atoms with Crippen LogP contribution in [0.5, 0.6) is 0 Å². The fourth-order valence-electron chi connectivity index (χ4n) is 2.52. The Balaban J connectivity index is 1.72. The van der Waals surface area contributed by atoms with Crippen LogP contribution in [0.3, 0.4) is 0 Å². The number of rotatable bonds is 3. The average Bonchev–Trinajstić information content (AvgIpc) is 2.89. The van der Waals surface area contributed by atoms with E-state index in [1.807, 2.05) is 0 Å². The number of aryl methyl sites for hydroxylation is 1. The SMILES string of the molecule is c1ccc2c(c1)CCCC2NCc1cnoc1. The summed E-state index contributed by atoms with van der Waals surface area (Å²) in [4.78, 5) is 0. The third kappa shape index (κ3) is 2.24. The van der Waals surface area contributed by atoms with Crippen molar-refractivity contribution in [3.05, 3.63) is 53.4 Å². The summed E-state index contributed by atoms with van der Waals surface area (Å²) in [6.07, 6.45) is 7.14. The molecule has 0 aliphatic heterocycles. The molecule has 0 saturated carbocycles. The summed E-state index contributed by atoms with van der Waals surface area (Å²) in [5.41, 5.74) is 4.05. The molecule has 1 unspecified atom stereocenters. The summed E-state index contributed by atoms with van der Waals surface area (Å²) in [6.45, 7) is 0.822. The fourth-order valence-corrected chi connectivity index (χ4v) is 2.52. The monoisotopic (exact) mass is 228 g/mol. The molecule has 0 saturated heterocycles. The van der Waals surface area contributed by atoms with Gasteiger partial charge in [0.2, 0.25) is 0 Å². The Morgan fingerprint density at radius 1 is 1.35 bits per heavy atom. The van der Waals surface area contributed by atoms with Crippen molar-refractivity contribution in [2.75, 3.05) is 0 Å². The first-order valence-electron chi connectivity index (χ1n) is 6.13. The molecular weight excluding hydrogens is 212 g/mol. The molecule has 1 aromatic heterocycles. The molecule has 88 valence electrons. The predicted octanol–water partition coefficient (Wildman–Crippen LogP) is 2.84. The van der Waals surface area contributed by atoms with E-state index in [0.29, 0.717) is 6.04 Å². The lowest BCUT2D eigenvalue weighted by molar-refractivity contribution is 0.416. The summed E-state index contributed by atoms with van der Waals surface area (Å²) in [7, 11) is 0. The van der Waals surface area contributed by atoms with Crippen LogP contribution in [0, 0.1) is 0 Å². The Kier molecular flexibility index (Phi) is 2.92. The molecule has 0 amide bonds. The maximum absolute atomic E-state index is 4.83. The molecule has 1 heterocycles. The summed E-state index contributed by atoms with van der Waals surface area (Å²) in [5.74, 6) is 0. The molecule has 1 aromatic carbocycles. The van der Waals surface area contributed by atoms with Crippen LogP contribution in [0.4, 0.5) is 0 Å². The van der Waals surface area contributed by atoms with Crippen LogP contribution in [0.25, 0.3) is 0 Å². The number of benzene rings is 1. The van der Waals surface area contributed by atoms with Crippen LogP contribution in [0.15, 0.2) is 41.2 Å². The summed E-state index contributed by atoms with van der Waals surface area (Å²) >= 11 is 0. The zero-order chi connectivity index (χ0) is 11.5. The zero-order valence-corrected chi connectivity index (χ0v) is 9.73. The number of nitrogens with zero attached hydrogens (tertiary/aromatic N) is 1. The Hall–Kier alpha value is -1.61. The van der Waals surface area contributed by atoms with Gasteiger partial charge in [-0.1, -0.05) is 29.4 Å². The van der Waals surface area contributed by atoms with Gasteiger partial charge in [-0.25, -0.2) is 0 Å². The van der Waals surface area contributed by atoms with Crippen LogP contribution < -0.4 is 5.32 Å². The largest absolute Gasteiger partial charge is 0.364 e. The molecule has 0 radical (unpaired) electrons. The van der Waals surface area contributed by atoms with Crippen molar-refractivity contribution in [2.45, 2.75) is 31.8 Å². The second-order valence-corrected chi connectivity index (χ2v) is 4.56. The van der Waals surface area contributed by atoms with Crippen molar-refractivity contribution in [2.24, 2.45) is 0 Å². The summed E-state index contributed by atoms with van der Waals surface area (Å²) in [6, 6.07) is 9.19. The highest BCUT2D eigenvalue weighted by atomic mass is 16.5. The van der Waals surface area contributed by atoms with Crippen molar-refractivity contribution in [3.8, 4) is 0 Å². The Morgan fingerprint density at radius 2 is 2.29 bits per heavy atom. The van der Waals surface area contributed by atoms with E-state index in [1.54, 1.807) is 12.5 Å². The predicted molar refractivity (Wildman–Crippen MR) is 65.5 cm³/mol. The fraction of sp³-hybridized carbons (Fsp3) is 0.357. The van der Waals surface area contributed by atoms with Gasteiger partial charge in [-0.2, -0.15) is 0 Å². The van der Waals surface area contributed by atoms with E-state index in [4.69, 9.17) is 4.52 Å². The normalized spacial score (nSPS) is 18.9. The van der Waals surface area contributed by atoms with E-state index in [-0.39, 0.29) is 0 Å². The van der Waals surface area contributed by atoms with E-state index < -0.39 is 0 Å². The maximum Gasteiger partial charge on any atom is 0.128 e. The smallest absolute Gasteiger partial charge is 0.128 e. The van der Waals surface area contributed by atoms with E-state index in [0.717, 1.165) is 12.1 Å². The second-order valence-electron chi connectivity index (χ2n) is 4.56.